The molecular formula is C12H25NO2S. The van der Waals surface area contributed by atoms with Crippen LogP contribution in [-0.4, -0.2) is 25.5 Å². The summed E-state index contributed by atoms with van der Waals surface area (Å²) in [5.74, 6) is 0.756. The van der Waals surface area contributed by atoms with Crippen molar-refractivity contribution in [3.8, 4) is 0 Å². The molecule has 2 atom stereocenters. The molecule has 1 saturated carbocycles. The molecule has 1 aliphatic rings. The summed E-state index contributed by atoms with van der Waals surface area (Å²) >= 11 is 0. The van der Waals surface area contributed by atoms with E-state index in [0.29, 0.717) is 5.92 Å². The summed E-state index contributed by atoms with van der Waals surface area (Å²) in [4.78, 5) is 0. The third-order valence-corrected chi connectivity index (χ3v) is 6.46. The fraction of sp³-hybridized carbons (Fsp3) is 1.00. The van der Waals surface area contributed by atoms with E-state index in [0.717, 1.165) is 12.8 Å². The standard InChI is InChI=1S/C12H25NO2S/c1-9(2)10(3)16(14,15)8-12(13)11-6-4-5-7-11/h9-12H,4-8,13H2,1-3H3. The molecular weight excluding hydrogens is 222 g/mol. The normalized spacial score (nSPS) is 22.6. The molecule has 0 aromatic rings. The third-order valence-electron chi connectivity index (χ3n) is 3.94. The van der Waals surface area contributed by atoms with Gasteiger partial charge in [-0.25, -0.2) is 8.42 Å². The van der Waals surface area contributed by atoms with E-state index in [2.05, 4.69) is 0 Å². The second kappa shape index (κ2) is 5.50. The van der Waals surface area contributed by atoms with Crippen molar-refractivity contribution < 1.29 is 8.42 Å². The summed E-state index contributed by atoms with van der Waals surface area (Å²) in [5.41, 5.74) is 6.02. The summed E-state index contributed by atoms with van der Waals surface area (Å²) in [6, 6.07) is -0.159. The lowest BCUT2D eigenvalue weighted by Gasteiger charge is -2.22. The van der Waals surface area contributed by atoms with Gasteiger partial charge >= 0.3 is 0 Å². The van der Waals surface area contributed by atoms with E-state index in [1.807, 2.05) is 13.8 Å². The fourth-order valence-corrected chi connectivity index (χ4v) is 4.30. The van der Waals surface area contributed by atoms with Crippen molar-refractivity contribution in [2.45, 2.75) is 57.7 Å². The molecule has 2 N–H and O–H groups in total. The molecule has 0 heterocycles. The van der Waals surface area contributed by atoms with Crippen LogP contribution in [0.15, 0.2) is 0 Å². The zero-order valence-electron chi connectivity index (χ0n) is 10.6. The average Bonchev–Trinajstić information content (AvgIpc) is 2.68. The van der Waals surface area contributed by atoms with Crippen LogP contribution in [0.2, 0.25) is 0 Å². The van der Waals surface area contributed by atoms with Gasteiger partial charge in [0.15, 0.2) is 9.84 Å². The summed E-state index contributed by atoms with van der Waals surface area (Å²) in [6.07, 6.45) is 4.62. The lowest BCUT2D eigenvalue weighted by molar-refractivity contribution is 0.450. The zero-order valence-corrected chi connectivity index (χ0v) is 11.5. The first-order valence-corrected chi connectivity index (χ1v) is 8.03. The van der Waals surface area contributed by atoms with Crippen molar-refractivity contribution in [3.05, 3.63) is 0 Å². The fourth-order valence-electron chi connectivity index (χ4n) is 2.36. The maximum atomic E-state index is 12.1. The van der Waals surface area contributed by atoms with Gasteiger partial charge in [0, 0.05) is 6.04 Å². The minimum atomic E-state index is -3.02. The summed E-state index contributed by atoms with van der Waals surface area (Å²) in [5, 5.41) is -0.278. The van der Waals surface area contributed by atoms with Crippen molar-refractivity contribution in [3.63, 3.8) is 0 Å². The van der Waals surface area contributed by atoms with Crippen LogP contribution in [0.5, 0.6) is 0 Å². The molecule has 96 valence electrons. The van der Waals surface area contributed by atoms with Crippen LogP contribution < -0.4 is 5.73 Å². The van der Waals surface area contributed by atoms with Gasteiger partial charge in [0.2, 0.25) is 0 Å². The van der Waals surface area contributed by atoms with Gasteiger partial charge in [-0.1, -0.05) is 26.7 Å². The Balaban J connectivity index is 2.58. The molecule has 16 heavy (non-hydrogen) atoms. The van der Waals surface area contributed by atoms with Gasteiger partial charge in [-0.15, -0.1) is 0 Å². The highest BCUT2D eigenvalue weighted by Crippen LogP contribution is 2.28. The van der Waals surface area contributed by atoms with Gasteiger partial charge in [-0.2, -0.15) is 0 Å². The molecule has 0 saturated heterocycles. The molecule has 4 heteroatoms. The topological polar surface area (TPSA) is 60.2 Å². The summed E-state index contributed by atoms with van der Waals surface area (Å²) < 4.78 is 24.1. The van der Waals surface area contributed by atoms with Gasteiger partial charge in [0.05, 0.1) is 11.0 Å². The van der Waals surface area contributed by atoms with Crippen molar-refractivity contribution in [1.82, 2.24) is 0 Å². The number of nitrogens with two attached hydrogens (primary N) is 1. The minimum absolute atomic E-state index is 0.159. The number of hydrogen-bond acceptors (Lipinski definition) is 3. The minimum Gasteiger partial charge on any atom is -0.327 e. The van der Waals surface area contributed by atoms with Crippen LogP contribution in [0.1, 0.15) is 46.5 Å². The van der Waals surface area contributed by atoms with E-state index >= 15 is 0 Å². The van der Waals surface area contributed by atoms with E-state index < -0.39 is 9.84 Å². The lowest BCUT2D eigenvalue weighted by atomic mass is 10.0. The van der Waals surface area contributed by atoms with E-state index in [-0.39, 0.29) is 23.0 Å². The molecule has 0 aromatic heterocycles. The molecule has 0 radical (unpaired) electrons. The van der Waals surface area contributed by atoms with Crippen LogP contribution in [0.4, 0.5) is 0 Å². The van der Waals surface area contributed by atoms with Crippen LogP contribution in [-0.2, 0) is 9.84 Å². The third kappa shape index (κ3) is 3.45. The molecule has 3 nitrogen and oxygen atoms in total. The maximum absolute atomic E-state index is 12.1. The molecule has 2 unspecified atom stereocenters. The lowest BCUT2D eigenvalue weighted by Crippen LogP contribution is -2.39. The first-order valence-electron chi connectivity index (χ1n) is 6.31. The zero-order chi connectivity index (χ0) is 12.3. The highest BCUT2D eigenvalue weighted by Gasteiger charge is 2.30. The molecule has 0 aliphatic heterocycles. The molecule has 1 fully saturated rings. The Morgan fingerprint density at radius 2 is 1.69 bits per heavy atom. The van der Waals surface area contributed by atoms with Crippen LogP contribution in [0.3, 0.4) is 0 Å². The Morgan fingerprint density at radius 1 is 1.19 bits per heavy atom. The van der Waals surface area contributed by atoms with Crippen LogP contribution >= 0.6 is 0 Å². The predicted molar refractivity (Wildman–Crippen MR) is 68.0 cm³/mol. The Kier molecular flexibility index (Phi) is 4.80. The van der Waals surface area contributed by atoms with Crippen molar-refractivity contribution in [1.29, 1.82) is 0 Å². The highest BCUT2D eigenvalue weighted by molar-refractivity contribution is 7.92. The second-order valence-electron chi connectivity index (χ2n) is 5.49. The largest absolute Gasteiger partial charge is 0.327 e. The first-order chi connectivity index (χ1) is 7.34. The Morgan fingerprint density at radius 3 is 2.12 bits per heavy atom. The Hall–Kier alpha value is -0.0900. The van der Waals surface area contributed by atoms with Gasteiger partial charge in [-0.05, 0) is 31.6 Å². The van der Waals surface area contributed by atoms with Crippen molar-refractivity contribution >= 4 is 9.84 Å². The van der Waals surface area contributed by atoms with Crippen LogP contribution in [0, 0.1) is 11.8 Å². The van der Waals surface area contributed by atoms with E-state index in [1.165, 1.54) is 12.8 Å². The Labute approximate surface area is 99.7 Å². The van der Waals surface area contributed by atoms with Gasteiger partial charge in [0.1, 0.15) is 0 Å². The molecule has 1 aliphatic carbocycles. The van der Waals surface area contributed by atoms with Crippen molar-refractivity contribution in [2.75, 3.05) is 5.75 Å². The summed E-state index contributed by atoms with van der Waals surface area (Å²) in [6.45, 7) is 5.69. The van der Waals surface area contributed by atoms with E-state index in [9.17, 15) is 8.42 Å². The number of sulfone groups is 1. The monoisotopic (exact) mass is 247 g/mol. The van der Waals surface area contributed by atoms with Gasteiger partial charge in [0.25, 0.3) is 0 Å². The van der Waals surface area contributed by atoms with E-state index in [1.54, 1.807) is 6.92 Å². The SMILES string of the molecule is CC(C)C(C)S(=O)(=O)CC(N)C1CCCC1. The molecule has 1 rings (SSSR count). The molecule has 0 bridgehead atoms. The van der Waals surface area contributed by atoms with Gasteiger partial charge in [-0.3, -0.25) is 0 Å². The average molecular weight is 247 g/mol. The van der Waals surface area contributed by atoms with Gasteiger partial charge < -0.3 is 5.73 Å². The molecule has 0 aromatic carbocycles. The molecule has 0 spiro atoms. The molecule has 0 amide bonds. The quantitative estimate of drug-likeness (QED) is 0.808. The Bertz CT molecular complexity index is 305. The van der Waals surface area contributed by atoms with Crippen LogP contribution in [0.25, 0.3) is 0 Å². The smallest absolute Gasteiger partial charge is 0.154 e. The van der Waals surface area contributed by atoms with E-state index in [4.69, 9.17) is 5.73 Å². The predicted octanol–water partition coefficient (Wildman–Crippen LogP) is 1.96. The van der Waals surface area contributed by atoms with Crippen molar-refractivity contribution in [2.24, 2.45) is 17.6 Å². The number of rotatable bonds is 5. The summed E-state index contributed by atoms with van der Waals surface area (Å²) in [7, 11) is -3.02. The highest BCUT2D eigenvalue weighted by atomic mass is 32.2. The second-order valence-corrected chi connectivity index (χ2v) is 7.89. The first kappa shape index (κ1) is 14.0. The number of hydrogen-bond donors (Lipinski definition) is 1. The maximum Gasteiger partial charge on any atom is 0.154 e.